The standard InChI is InChI=1S/C5H3BrFNO2S/c6-5-4(11(7,9)10)2-1-3-8-5/h1-3H. The van der Waals surface area contributed by atoms with E-state index < -0.39 is 15.1 Å². The maximum atomic E-state index is 12.3. The first-order valence-electron chi connectivity index (χ1n) is 2.57. The molecule has 0 bridgehead atoms. The summed E-state index contributed by atoms with van der Waals surface area (Å²) in [4.78, 5) is 3.10. The fraction of sp³-hybridized carbons (Fsp3) is 0. The van der Waals surface area contributed by atoms with Gasteiger partial charge in [-0.15, -0.1) is 3.89 Å². The Hall–Kier alpha value is -0.490. The fourth-order valence-corrected chi connectivity index (χ4v) is 1.88. The van der Waals surface area contributed by atoms with Crippen molar-refractivity contribution in [3.05, 3.63) is 22.9 Å². The summed E-state index contributed by atoms with van der Waals surface area (Å²) in [5.74, 6) is 0. The third-order valence-corrected chi connectivity index (χ3v) is 2.74. The summed E-state index contributed by atoms with van der Waals surface area (Å²) < 4.78 is 32.9. The summed E-state index contributed by atoms with van der Waals surface area (Å²) in [6.45, 7) is 0. The van der Waals surface area contributed by atoms with Gasteiger partial charge in [0.1, 0.15) is 9.50 Å². The Morgan fingerprint density at radius 1 is 1.55 bits per heavy atom. The van der Waals surface area contributed by atoms with E-state index in [0.717, 1.165) is 6.07 Å². The van der Waals surface area contributed by atoms with Crippen LogP contribution in [0.5, 0.6) is 0 Å². The average molecular weight is 240 g/mol. The van der Waals surface area contributed by atoms with Crippen molar-refractivity contribution in [2.75, 3.05) is 0 Å². The van der Waals surface area contributed by atoms with E-state index >= 15 is 0 Å². The van der Waals surface area contributed by atoms with Crippen molar-refractivity contribution in [3.8, 4) is 0 Å². The number of halogens is 2. The molecule has 0 aliphatic carbocycles. The highest BCUT2D eigenvalue weighted by atomic mass is 79.9. The molecule has 11 heavy (non-hydrogen) atoms. The average Bonchev–Trinajstić information content (AvgIpc) is 1.86. The van der Waals surface area contributed by atoms with Crippen LogP contribution in [0.3, 0.4) is 0 Å². The number of nitrogens with zero attached hydrogens (tertiary/aromatic N) is 1. The van der Waals surface area contributed by atoms with Crippen LogP contribution < -0.4 is 0 Å². The molecule has 0 spiro atoms. The Balaban J connectivity index is 3.37. The molecule has 0 aliphatic heterocycles. The van der Waals surface area contributed by atoms with Crippen molar-refractivity contribution < 1.29 is 12.3 Å². The second-order valence-corrected chi connectivity index (χ2v) is 3.80. The van der Waals surface area contributed by atoms with Crippen LogP contribution in [0.25, 0.3) is 0 Å². The van der Waals surface area contributed by atoms with Crippen LogP contribution in [0.4, 0.5) is 3.89 Å². The summed E-state index contributed by atoms with van der Waals surface area (Å²) in [7, 11) is -4.64. The highest BCUT2D eigenvalue weighted by molar-refractivity contribution is 9.10. The second kappa shape index (κ2) is 2.86. The predicted octanol–water partition coefficient (Wildman–Crippen LogP) is 1.50. The maximum absolute atomic E-state index is 12.3. The van der Waals surface area contributed by atoms with Crippen molar-refractivity contribution in [2.45, 2.75) is 4.90 Å². The van der Waals surface area contributed by atoms with Gasteiger partial charge in [0.15, 0.2) is 0 Å². The Bertz CT molecular complexity index is 365. The van der Waals surface area contributed by atoms with Crippen molar-refractivity contribution in [1.82, 2.24) is 4.98 Å². The fourth-order valence-electron chi connectivity index (χ4n) is 0.553. The molecule has 1 heterocycles. The predicted molar refractivity (Wildman–Crippen MR) is 40.2 cm³/mol. The highest BCUT2D eigenvalue weighted by Crippen LogP contribution is 2.19. The molecule has 60 valence electrons. The molecule has 0 atom stereocenters. The van der Waals surface area contributed by atoms with Crippen molar-refractivity contribution in [3.63, 3.8) is 0 Å². The number of rotatable bonds is 1. The number of hydrogen-bond acceptors (Lipinski definition) is 3. The number of hydrogen-bond donors (Lipinski definition) is 0. The lowest BCUT2D eigenvalue weighted by molar-refractivity contribution is 0.551. The van der Waals surface area contributed by atoms with Gasteiger partial charge in [-0.3, -0.25) is 0 Å². The van der Waals surface area contributed by atoms with E-state index in [1.54, 1.807) is 0 Å². The molecule has 0 fully saturated rings. The zero-order valence-electron chi connectivity index (χ0n) is 5.16. The maximum Gasteiger partial charge on any atom is 0.334 e. The molecule has 1 aromatic rings. The molecule has 0 amide bonds. The van der Waals surface area contributed by atoms with Gasteiger partial charge < -0.3 is 0 Å². The van der Waals surface area contributed by atoms with E-state index in [1.165, 1.54) is 12.3 Å². The molecule has 0 aliphatic rings. The molecule has 0 saturated carbocycles. The third-order valence-electron chi connectivity index (χ3n) is 0.988. The minimum Gasteiger partial charge on any atom is -0.248 e. The summed E-state index contributed by atoms with van der Waals surface area (Å²) in [6, 6.07) is 2.48. The molecule has 1 rings (SSSR count). The lowest BCUT2D eigenvalue weighted by atomic mass is 10.5. The van der Waals surface area contributed by atoms with Crippen molar-refractivity contribution >= 4 is 26.2 Å². The first kappa shape index (κ1) is 8.61. The topological polar surface area (TPSA) is 47.0 Å². The summed E-state index contributed by atoms with van der Waals surface area (Å²) in [5, 5.41) is 0. The van der Waals surface area contributed by atoms with Gasteiger partial charge in [-0.2, -0.15) is 8.42 Å². The van der Waals surface area contributed by atoms with Gasteiger partial charge in [-0.1, -0.05) is 0 Å². The van der Waals surface area contributed by atoms with Crippen LogP contribution in [0, 0.1) is 0 Å². The van der Waals surface area contributed by atoms with E-state index in [1.807, 2.05) is 0 Å². The summed E-state index contributed by atoms with van der Waals surface area (Å²) in [6.07, 6.45) is 1.36. The monoisotopic (exact) mass is 239 g/mol. The van der Waals surface area contributed by atoms with Gasteiger partial charge >= 0.3 is 10.2 Å². The SMILES string of the molecule is O=S(=O)(F)c1cccnc1Br. The van der Waals surface area contributed by atoms with E-state index in [9.17, 15) is 12.3 Å². The van der Waals surface area contributed by atoms with E-state index in [4.69, 9.17) is 0 Å². The minimum atomic E-state index is -4.64. The molecule has 0 radical (unpaired) electrons. The Labute approximate surface area is 71.6 Å². The van der Waals surface area contributed by atoms with E-state index in [0.29, 0.717) is 0 Å². The molecule has 6 heteroatoms. The van der Waals surface area contributed by atoms with Crippen LogP contribution >= 0.6 is 15.9 Å². The Kier molecular flexibility index (Phi) is 2.24. The minimum absolute atomic E-state index is 0.0116. The number of aromatic nitrogens is 1. The molecule has 0 saturated heterocycles. The van der Waals surface area contributed by atoms with Gasteiger partial charge in [-0.25, -0.2) is 4.98 Å². The van der Waals surface area contributed by atoms with Gasteiger partial charge in [0.2, 0.25) is 0 Å². The smallest absolute Gasteiger partial charge is 0.248 e. The Morgan fingerprint density at radius 2 is 2.18 bits per heavy atom. The normalized spacial score (nSPS) is 11.5. The third kappa shape index (κ3) is 1.97. The lowest BCUT2D eigenvalue weighted by Gasteiger charge is -1.94. The van der Waals surface area contributed by atoms with Crippen LogP contribution in [-0.4, -0.2) is 13.4 Å². The molecule has 0 unspecified atom stereocenters. The molecule has 1 aromatic heterocycles. The van der Waals surface area contributed by atoms with Crippen molar-refractivity contribution in [1.29, 1.82) is 0 Å². The van der Waals surface area contributed by atoms with Crippen LogP contribution in [0.2, 0.25) is 0 Å². The first-order chi connectivity index (χ1) is 5.02. The zero-order valence-corrected chi connectivity index (χ0v) is 7.56. The van der Waals surface area contributed by atoms with Crippen LogP contribution in [0.1, 0.15) is 0 Å². The largest absolute Gasteiger partial charge is 0.334 e. The van der Waals surface area contributed by atoms with Gasteiger partial charge in [0.25, 0.3) is 0 Å². The van der Waals surface area contributed by atoms with Crippen LogP contribution in [0.15, 0.2) is 27.8 Å². The Morgan fingerprint density at radius 3 is 2.55 bits per heavy atom. The highest BCUT2D eigenvalue weighted by Gasteiger charge is 2.15. The second-order valence-electron chi connectivity index (χ2n) is 1.73. The molecule has 0 N–H and O–H groups in total. The summed E-state index contributed by atoms with van der Waals surface area (Å²) in [5.41, 5.74) is 0. The van der Waals surface area contributed by atoms with E-state index in [2.05, 4.69) is 20.9 Å². The molecule has 3 nitrogen and oxygen atoms in total. The first-order valence-corrected chi connectivity index (χ1v) is 4.74. The van der Waals surface area contributed by atoms with Gasteiger partial charge in [-0.05, 0) is 28.1 Å². The molecular weight excluding hydrogens is 237 g/mol. The lowest BCUT2D eigenvalue weighted by Crippen LogP contribution is -1.93. The number of pyridine rings is 1. The van der Waals surface area contributed by atoms with Gasteiger partial charge in [0.05, 0.1) is 0 Å². The molecular formula is C5H3BrFNO2S. The van der Waals surface area contributed by atoms with Gasteiger partial charge in [0, 0.05) is 6.20 Å². The quantitative estimate of drug-likeness (QED) is 0.552. The summed E-state index contributed by atoms with van der Waals surface area (Å²) >= 11 is 2.80. The zero-order chi connectivity index (χ0) is 8.48. The van der Waals surface area contributed by atoms with Crippen LogP contribution in [-0.2, 0) is 10.2 Å². The van der Waals surface area contributed by atoms with E-state index in [-0.39, 0.29) is 4.60 Å². The molecule has 0 aromatic carbocycles. The van der Waals surface area contributed by atoms with Crippen molar-refractivity contribution in [2.24, 2.45) is 0 Å².